The Morgan fingerprint density at radius 2 is 2.07 bits per heavy atom. The van der Waals surface area contributed by atoms with Crippen LogP contribution in [0.2, 0.25) is 5.02 Å². The minimum atomic E-state index is -0.351. The minimum absolute atomic E-state index is 0.119. The Morgan fingerprint density at radius 3 is 2.86 bits per heavy atom. The predicted octanol–water partition coefficient (Wildman–Crippen LogP) is 4.36. The van der Waals surface area contributed by atoms with Crippen LogP contribution in [-0.2, 0) is 11.3 Å². The molecule has 0 bridgehead atoms. The Morgan fingerprint density at radius 1 is 1.25 bits per heavy atom. The number of hydrogen-bond donors (Lipinski definition) is 2. The van der Waals surface area contributed by atoms with Gasteiger partial charge < -0.3 is 11.1 Å². The first-order valence-electron chi connectivity index (χ1n) is 9.64. The number of aryl methyl sites for hydroxylation is 1. The maximum absolute atomic E-state index is 12.0. The molecule has 0 spiro atoms. The molecular formula is C20H23ClN6O. The van der Waals surface area contributed by atoms with Gasteiger partial charge in [0.2, 0.25) is 5.91 Å². The largest absolute Gasteiger partial charge is 0.383 e. The van der Waals surface area contributed by atoms with Crippen LogP contribution in [0.15, 0.2) is 18.2 Å². The zero-order valence-corrected chi connectivity index (χ0v) is 16.8. The number of benzene rings is 1. The second kappa shape index (κ2) is 7.39. The number of aromatic nitrogens is 4. The van der Waals surface area contributed by atoms with E-state index in [1.807, 2.05) is 22.9 Å². The highest BCUT2D eigenvalue weighted by Crippen LogP contribution is 2.37. The van der Waals surface area contributed by atoms with E-state index in [0.29, 0.717) is 33.7 Å². The van der Waals surface area contributed by atoms with Crippen LogP contribution in [0.5, 0.6) is 0 Å². The van der Waals surface area contributed by atoms with Gasteiger partial charge in [0.05, 0.1) is 11.4 Å². The van der Waals surface area contributed by atoms with E-state index >= 15 is 0 Å². The molecule has 1 atom stereocenters. The summed E-state index contributed by atoms with van der Waals surface area (Å²) in [5.74, 6) is 0.720. The summed E-state index contributed by atoms with van der Waals surface area (Å²) in [6, 6.07) is 5.67. The second-order valence-electron chi connectivity index (χ2n) is 7.20. The van der Waals surface area contributed by atoms with Crippen LogP contribution in [0.25, 0.3) is 22.4 Å². The quantitative estimate of drug-likeness (QED) is 0.601. The molecule has 0 aliphatic carbocycles. The maximum atomic E-state index is 12.0. The van der Waals surface area contributed by atoms with E-state index < -0.39 is 0 Å². The number of rotatable bonds is 6. The lowest BCUT2D eigenvalue weighted by atomic mass is 10.1. The fraction of sp³-hybridized carbons (Fsp3) is 0.400. The maximum Gasteiger partial charge on any atom is 0.233 e. The molecular weight excluding hydrogens is 376 g/mol. The van der Waals surface area contributed by atoms with Crippen molar-refractivity contribution in [3.63, 3.8) is 0 Å². The Labute approximate surface area is 168 Å². The molecule has 0 saturated carbocycles. The van der Waals surface area contributed by atoms with E-state index in [1.54, 1.807) is 6.92 Å². The van der Waals surface area contributed by atoms with Crippen molar-refractivity contribution in [2.45, 2.75) is 52.0 Å². The van der Waals surface area contributed by atoms with Crippen molar-refractivity contribution in [2.75, 3.05) is 11.1 Å². The lowest BCUT2D eigenvalue weighted by Crippen LogP contribution is -2.09. The highest BCUT2D eigenvalue weighted by molar-refractivity contribution is 6.31. The summed E-state index contributed by atoms with van der Waals surface area (Å²) < 4.78 is 1.96. The van der Waals surface area contributed by atoms with Crippen LogP contribution in [-0.4, -0.2) is 25.7 Å². The lowest BCUT2D eigenvalue weighted by molar-refractivity contribution is -0.116. The van der Waals surface area contributed by atoms with Crippen molar-refractivity contribution in [3.8, 4) is 11.5 Å². The smallest absolute Gasteiger partial charge is 0.233 e. The average molecular weight is 399 g/mol. The molecule has 1 amide bonds. The van der Waals surface area contributed by atoms with Crippen molar-refractivity contribution in [3.05, 3.63) is 28.8 Å². The third kappa shape index (κ3) is 3.20. The summed E-state index contributed by atoms with van der Waals surface area (Å²) in [5.41, 5.74) is 8.39. The van der Waals surface area contributed by atoms with Crippen molar-refractivity contribution >= 4 is 40.0 Å². The summed E-state index contributed by atoms with van der Waals surface area (Å²) in [5, 5.41) is 9.12. The number of unbranched alkanes of at least 4 members (excludes halogenated alkanes) is 3. The summed E-state index contributed by atoms with van der Waals surface area (Å²) in [4.78, 5) is 21.0. The lowest BCUT2D eigenvalue weighted by Gasteiger charge is -2.06. The molecule has 28 heavy (non-hydrogen) atoms. The monoisotopic (exact) mass is 398 g/mol. The topological polar surface area (TPSA) is 98.7 Å². The van der Waals surface area contributed by atoms with Gasteiger partial charge in [0.25, 0.3) is 0 Å². The van der Waals surface area contributed by atoms with Crippen molar-refractivity contribution in [1.82, 2.24) is 19.7 Å². The zero-order valence-electron chi connectivity index (χ0n) is 16.0. The van der Waals surface area contributed by atoms with Gasteiger partial charge >= 0.3 is 0 Å². The summed E-state index contributed by atoms with van der Waals surface area (Å²) in [6.45, 7) is 4.78. The predicted molar refractivity (Wildman–Crippen MR) is 111 cm³/mol. The van der Waals surface area contributed by atoms with E-state index in [-0.39, 0.29) is 11.8 Å². The number of nitrogens with zero attached hydrogens (tertiary/aromatic N) is 4. The molecule has 4 rings (SSSR count). The van der Waals surface area contributed by atoms with E-state index in [4.69, 9.17) is 22.4 Å². The van der Waals surface area contributed by atoms with Gasteiger partial charge in [-0.3, -0.25) is 9.48 Å². The van der Waals surface area contributed by atoms with Crippen molar-refractivity contribution in [2.24, 2.45) is 0 Å². The molecule has 7 nitrogen and oxygen atoms in total. The Kier molecular flexibility index (Phi) is 4.93. The van der Waals surface area contributed by atoms with Crippen LogP contribution >= 0.6 is 11.6 Å². The van der Waals surface area contributed by atoms with E-state index in [9.17, 15) is 4.79 Å². The number of fused-ring (bicyclic) bond motifs is 2. The summed E-state index contributed by atoms with van der Waals surface area (Å²) in [6.07, 6.45) is 4.58. The van der Waals surface area contributed by atoms with Gasteiger partial charge in [-0.1, -0.05) is 37.8 Å². The van der Waals surface area contributed by atoms with Gasteiger partial charge in [-0.25, -0.2) is 9.97 Å². The highest BCUT2D eigenvalue weighted by Gasteiger charge is 2.32. The van der Waals surface area contributed by atoms with E-state index in [1.165, 1.54) is 12.8 Å². The number of halogens is 1. The molecule has 1 aromatic carbocycles. The average Bonchev–Trinajstić information content (AvgIpc) is 3.16. The summed E-state index contributed by atoms with van der Waals surface area (Å²) >= 11 is 6.22. The SMILES string of the molecule is CCCCCCn1nc(-c2nc(N)c3c(n2)NC(=O)[C@@H]3C)c2ccc(Cl)cc21. The van der Waals surface area contributed by atoms with Gasteiger partial charge in [-0.15, -0.1) is 0 Å². The molecule has 0 saturated heterocycles. The number of carbonyl (C=O) groups is 1. The first kappa shape index (κ1) is 18.7. The van der Waals surface area contributed by atoms with Gasteiger partial charge in [0, 0.05) is 22.5 Å². The van der Waals surface area contributed by atoms with Crippen LogP contribution in [0.3, 0.4) is 0 Å². The molecule has 2 aromatic heterocycles. The van der Waals surface area contributed by atoms with Gasteiger partial charge in [-0.2, -0.15) is 5.10 Å². The fourth-order valence-electron chi connectivity index (χ4n) is 3.64. The summed E-state index contributed by atoms with van der Waals surface area (Å²) in [7, 11) is 0. The van der Waals surface area contributed by atoms with Crippen LogP contribution in [0.1, 0.15) is 51.0 Å². The third-order valence-electron chi connectivity index (χ3n) is 5.19. The molecule has 1 aliphatic rings. The Hall–Kier alpha value is -2.67. The third-order valence-corrected chi connectivity index (χ3v) is 5.43. The number of carbonyl (C=O) groups excluding carboxylic acids is 1. The fourth-order valence-corrected chi connectivity index (χ4v) is 3.81. The molecule has 1 aliphatic heterocycles. The molecule has 0 radical (unpaired) electrons. The molecule has 146 valence electrons. The van der Waals surface area contributed by atoms with E-state index in [2.05, 4.69) is 22.2 Å². The first-order valence-corrected chi connectivity index (χ1v) is 10.0. The van der Waals surface area contributed by atoms with Crippen LogP contribution < -0.4 is 11.1 Å². The van der Waals surface area contributed by atoms with Crippen LogP contribution in [0.4, 0.5) is 11.6 Å². The number of nitrogens with two attached hydrogens (primary N) is 1. The molecule has 3 heterocycles. The van der Waals surface area contributed by atoms with Gasteiger partial charge in [-0.05, 0) is 31.5 Å². The number of anilines is 2. The highest BCUT2D eigenvalue weighted by atomic mass is 35.5. The number of hydrogen-bond acceptors (Lipinski definition) is 5. The second-order valence-corrected chi connectivity index (χ2v) is 7.64. The number of nitrogen functional groups attached to an aromatic ring is 1. The normalized spacial score (nSPS) is 15.8. The van der Waals surface area contributed by atoms with Gasteiger partial charge in [0.1, 0.15) is 17.3 Å². The molecule has 8 heteroatoms. The van der Waals surface area contributed by atoms with Crippen molar-refractivity contribution < 1.29 is 4.79 Å². The molecule has 0 unspecified atom stereocenters. The molecule has 3 N–H and O–H groups in total. The first-order chi connectivity index (χ1) is 13.5. The van der Waals surface area contributed by atoms with E-state index in [0.717, 1.165) is 30.3 Å². The number of nitrogens with one attached hydrogen (secondary N) is 1. The van der Waals surface area contributed by atoms with Crippen LogP contribution in [0, 0.1) is 0 Å². The minimum Gasteiger partial charge on any atom is -0.383 e. The Balaban J connectivity index is 1.78. The molecule has 3 aromatic rings. The number of amides is 1. The standard InChI is InChI=1S/C20H23ClN6O/c1-3-4-5-6-9-27-14-10-12(21)7-8-13(14)16(26-27)19-23-17(22)15-11(2)20(28)25-18(15)24-19/h7-8,10-11H,3-6,9H2,1-2H3,(H3,22,23,24,25,28)/t11-/m1/s1. The zero-order chi connectivity index (χ0) is 19.8. The van der Waals surface area contributed by atoms with Crippen molar-refractivity contribution in [1.29, 1.82) is 0 Å². The van der Waals surface area contributed by atoms with Gasteiger partial charge in [0.15, 0.2) is 5.82 Å². The molecule has 0 fully saturated rings. The Bertz CT molecular complexity index is 1060.